The predicted octanol–water partition coefficient (Wildman–Crippen LogP) is 1.24. The zero-order valence-corrected chi connectivity index (χ0v) is 9.44. The van der Waals surface area contributed by atoms with Crippen molar-refractivity contribution in [1.29, 1.82) is 0 Å². The molecule has 0 saturated carbocycles. The molecule has 0 spiro atoms. The number of benzene rings is 1. The Bertz CT molecular complexity index is 331. The molecule has 1 aromatic carbocycles. The number of nitrogens with two attached hydrogens (primary N) is 1. The zero-order valence-electron chi connectivity index (χ0n) is 9.44. The Balaban J connectivity index is 2.24. The van der Waals surface area contributed by atoms with Gasteiger partial charge in [-0.05, 0) is 30.8 Å². The Kier molecular flexibility index (Phi) is 3.43. The van der Waals surface area contributed by atoms with Crippen LogP contribution in [0, 0.1) is 0 Å². The molecule has 88 valence electrons. The van der Waals surface area contributed by atoms with Crippen molar-refractivity contribution in [1.82, 2.24) is 0 Å². The van der Waals surface area contributed by atoms with Gasteiger partial charge in [0.05, 0.1) is 20.3 Å². The molecule has 0 aliphatic carbocycles. The van der Waals surface area contributed by atoms with Crippen LogP contribution in [0.2, 0.25) is 0 Å². The predicted molar refractivity (Wildman–Crippen MR) is 60.2 cm³/mol. The molecule has 2 N–H and O–H groups in total. The van der Waals surface area contributed by atoms with Crippen LogP contribution in [0.5, 0.6) is 5.75 Å². The van der Waals surface area contributed by atoms with Crippen molar-refractivity contribution in [3.8, 4) is 5.75 Å². The number of hydrogen-bond donors (Lipinski definition) is 1. The van der Waals surface area contributed by atoms with Crippen LogP contribution in [0.4, 0.5) is 0 Å². The van der Waals surface area contributed by atoms with Crippen LogP contribution >= 0.6 is 0 Å². The third kappa shape index (κ3) is 2.04. The molecule has 0 amide bonds. The highest BCUT2D eigenvalue weighted by Crippen LogP contribution is 2.35. The molecule has 1 heterocycles. The molecule has 4 nitrogen and oxygen atoms in total. The molecule has 16 heavy (non-hydrogen) atoms. The van der Waals surface area contributed by atoms with E-state index in [2.05, 4.69) is 0 Å². The Hall–Kier alpha value is -1.10. The lowest BCUT2D eigenvalue weighted by molar-refractivity contribution is -0.168. The monoisotopic (exact) mass is 223 g/mol. The summed E-state index contributed by atoms with van der Waals surface area (Å²) >= 11 is 0. The number of hydrogen-bond acceptors (Lipinski definition) is 4. The maximum Gasteiger partial charge on any atom is 0.196 e. The standard InChI is InChI=1S/C12H17NO3/c1-14-11-4-2-10(3-5-11)12(6-7-13)15-8-9-16-12/h2-5H,6-9,13H2,1H3. The second kappa shape index (κ2) is 4.82. The van der Waals surface area contributed by atoms with Gasteiger partial charge in [-0.25, -0.2) is 0 Å². The van der Waals surface area contributed by atoms with Crippen LogP contribution in [-0.2, 0) is 15.3 Å². The van der Waals surface area contributed by atoms with Gasteiger partial charge < -0.3 is 19.9 Å². The van der Waals surface area contributed by atoms with Crippen LogP contribution in [0.25, 0.3) is 0 Å². The lowest BCUT2D eigenvalue weighted by atomic mass is 10.0. The zero-order chi connectivity index (χ0) is 11.4. The van der Waals surface area contributed by atoms with E-state index in [-0.39, 0.29) is 0 Å². The molecule has 1 aliphatic heterocycles. The summed E-state index contributed by atoms with van der Waals surface area (Å²) in [6.07, 6.45) is 0.666. The normalized spacial score (nSPS) is 18.6. The average Bonchev–Trinajstić information content (AvgIpc) is 2.80. The van der Waals surface area contributed by atoms with E-state index in [1.807, 2.05) is 24.3 Å². The summed E-state index contributed by atoms with van der Waals surface area (Å²) in [5.41, 5.74) is 6.60. The van der Waals surface area contributed by atoms with Crippen molar-refractivity contribution in [2.75, 3.05) is 26.9 Å². The summed E-state index contributed by atoms with van der Waals surface area (Å²) in [6.45, 7) is 1.77. The molecule has 0 atom stereocenters. The van der Waals surface area contributed by atoms with Gasteiger partial charge in [0.1, 0.15) is 5.75 Å². The first-order chi connectivity index (χ1) is 7.80. The highest BCUT2D eigenvalue weighted by Gasteiger charge is 2.37. The van der Waals surface area contributed by atoms with Gasteiger partial charge in [0.2, 0.25) is 0 Å². The van der Waals surface area contributed by atoms with Gasteiger partial charge in [-0.15, -0.1) is 0 Å². The first-order valence-corrected chi connectivity index (χ1v) is 5.43. The topological polar surface area (TPSA) is 53.7 Å². The Morgan fingerprint density at radius 2 is 1.88 bits per heavy atom. The largest absolute Gasteiger partial charge is 0.497 e. The molecule has 0 radical (unpaired) electrons. The molecule has 0 aromatic heterocycles. The third-order valence-corrected chi connectivity index (χ3v) is 2.76. The molecular weight excluding hydrogens is 206 g/mol. The Morgan fingerprint density at radius 3 is 2.38 bits per heavy atom. The quantitative estimate of drug-likeness (QED) is 0.834. The van der Waals surface area contributed by atoms with E-state index in [0.717, 1.165) is 11.3 Å². The summed E-state index contributed by atoms with van der Waals surface area (Å²) in [5, 5.41) is 0. The fourth-order valence-corrected chi connectivity index (χ4v) is 1.95. The van der Waals surface area contributed by atoms with Crippen molar-refractivity contribution in [2.45, 2.75) is 12.2 Å². The maximum atomic E-state index is 5.70. The van der Waals surface area contributed by atoms with E-state index in [4.69, 9.17) is 19.9 Å². The molecule has 1 aromatic rings. The fourth-order valence-electron chi connectivity index (χ4n) is 1.95. The van der Waals surface area contributed by atoms with Gasteiger partial charge in [0.15, 0.2) is 5.79 Å². The minimum absolute atomic E-state index is 0.534. The third-order valence-electron chi connectivity index (χ3n) is 2.76. The molecule has 0 bridgehead atoms. The van der Waals surface area contributed by atoms with Gasteiger partial charge in [-0.1, -0.05) is 0 Å². The van der Waals surface area contributed by atoms with Crippen LogP contribution in [-0.4, -0.2) is 26.9 Å². The number of rotatable bonds is 4. The van der Waals surface area contributed by atoms with E-state index in [0.29, 0.717) is 26.2 Å². The summed E-state index contributed by atoms with van der Waals surface area (Å²) in [7, 11) is 1.65. The van der Waals surface area contributed by atoms with Crippen molar-refractivity contribution in [3.05, 3.63) is 29.8 Å². The summed E-state index contributed by atoms with van der Waals surface area (Å²) < 4.78 is 16.5. The van der Waals surface area contributed by atoms with Crippen molar-refractivity contribution < 1.29 is 14.2 Å². The minimum Gasteiger partial charge on any atom is -0.497 e. The first-order valence-electron chi connectivity index (χ1n) is 5.43. The van der Waals surface area contributed by atoms with E-state index in [9.17, 15) is 0 Å². The fraction of sp³-hybridized carbons (Fsp3) is 0.500. The first kappa shape index (κ1) is 11.4. The van der Waals surface area contributed by atoms with E-state index >= 15 is 0 Å². The second-order valence-corrected chi connectivity index (χ2v) is 3.72. The summed E-state index contributed by atoms with van der Waals surface area (Å²) in [6, 6.07) is 7.72. The maximum absolute atomic E-state index is 5.70. The molecule has 2 rings (SSSR count). The molecular formula is C12H17NO3. The Labute approximate surface area is 95.3 Å². The molecule has 0 unspecified atom stereocenters. The van der Waals surface area contributed by atoms with E-state index in [1.54, 1.807) is 7.11 Å². The minimum atomic E-state index is -0.652. The molecule has 1 fully saturated rings. The summed E-state index contributed by atoms with van der Waals surface area (Å²) in [4.78, 5) is 0. The Morgan fingerprint density at radius 1 is 1.25 bits per heavy atom. The van der Waals surface area contributed by atoms with Crippen LogP contribution in [0.15, 0.2) is 24.3 Å². The van der Waals surface area contributed by atoms with Gasteiger partial charge in [0, 0.05) is 12.0 Å². The lowest BCUT2D eigenvalue weighted by Crippen LogP contribution is -2.30. The van der Waals surface area contributed by atoms with Gasteiger partial charge in [-0.2, -0.15) is 0 Å². The van der Waals surface area contributed by atoms with Crippen LogP contribution in [0.3, 0.4) is 0 Å². The molecule has 4 heteroatoms. The van der Waals surface area contributed by atoms with Crippen molar-refractivity contribution in [2.24, 2.45) is 5.73 Å². The average molecular weight is 223 g/mol. The van der Waals surface area contributed by atoms with Crippen LogP contribution < -0.4 is 10.5 Å². The highest BCUT2D eigenvalue weighted by atomic mass is 16.7. The van der Waals surface area contributed by atoms with Crippen molar-refractivity contribution >= 4 is 0 Å². The van der Waals surface area contributed by atoms with Gasteiger partial charge >= 0.3 is 0 Å². The van der Waals surface area contributed by atoms with E-state index < -0.39 is 5.79 Å². The molecule has 1 aliphatic rings. The molecule has 1 saturated heterocycles. The van der Waals surface area contributed by atoms with Gasteiger partial charge in [0.25, 0.3) is 0 Å². The van der Waals surface area contributed by atoms with Crippen molar-refractivity contribution in [3.63, 3.8) is 0 Å². The van der Waals surface area contributed by atoms with E-state index in [1.165, 1.54) is 0 Å². The van der Waals surface area contributed by atoms with Gasteiger partial charge in [-0.3, -0.25) is 0 Å². The smallest absolute Gasteiger partial charge is 0.196 e. The summed E-state index contributed by atoms with van der Waals surface area (Å²) in [5.74, 6) is 0.172. The number of methoxy groups -OCH3 is 1. The lowest BCUT2D eigenvalue weighted by Gasteiger charge is -2.27. The SMILES string of the molecule is COc1ccc(C2(CCN)OCCO2)cc1. The highest BCUT2D eigenvalue weighted by molar-refractivity contribution is 5.30. The van der Waals surface area contributed by atoms with Crippen LogP contribution in [0.1, 0.15) is 12.0 Å². The second-order valence-electron chi connectivity index (χ2n) is 3.72. The number of ether oxygens (including phenoxy) is 3.